The number of halogens is 2. The molecular weight excluding hydrogens is 427 g/mol. The number of amides is 2. The van der Waals surface area contributed by atoms with E-state index < -0.39 is 0 Å². The summed E-state index contributed by atoms with van der Waals surface area (Å²) in [6.07, 6.45) is 8.95. The average molecular weight is 441 g/mol. The number of fused-ring (bicyclic) bond motifs is 1. The topological polar surface area (TPSA) is 42.3 Å². The Balaban J connectivity index is 1.74. The van der Waals surface area contributed by atoms with Crippen LogP contribution in [0.1, 0.15) is 11.1 Å². The molecule has 0 spiro atoms. The Morgan fingerprint density at radius 2 is 1.93 bits per heavy atom. The minimum absolute atomic E-state index is 0.0289. The normalized spacial score (nSPS) is 15.5. The number of terminal acetylenes is 1. The number of nitrogens with zero attached hydrogens (tertiary/aromatic N) is 2. The molecule has 0 radical (unpaired) electrons. The Hall–Kier alpha value is -2.65. The van der Waals surface area contributed by atoms with Crippen molar-refractivity contribution in [2.24, 2.45) is 0 Å². The zero-order valence-electron chi connectivity index (χ0n) is 15.1. The lowest BCUT2D eigenvalue weighted by Crippen LogP contribution is -2.28. The fourth-order valence-corrected chi connectivity index (χ4v) is 4.52. The van der Waals surface area contributed by atoms with E-state index in [0.717, 1.165) is 38.7 Å². The maximum absolute atomic E-state index is 12.5. The van der Waals surface area contributed by atoms with E-state index in [9.17, 15) is 9.59 Å². The molecule has 2 heterocycles. The van der Waals surface area contributed by atoms with Gasteiger partial charge in [-0.3, -0.25) is 14.5 Å². The number of hydrogen-bond donors (Lipinski definition) is 0. The fourth-order valence-electron chi connectivity index (χ4n) is 3.22. The van der Waals surface area contributed by atoms with E-state index in [1.54, 1.807) is 18.2 Å². The summed E-state index contributed by atoms with van der Waals surface area (Å²) in [5.41, 5.74) is 2.77. The monoisotopic (exact) mass is 440 g/mol. The predicted molar refractivity (Wildman–Crippen MR) is 119 cm³/mol. The number of hydrogen-bond acceptors (Lipinski definition) is 3. The summed E-state index contributed by atoms with van der Waals surface area (Å²) in [7, 11) is 0. The van der Waals surface area contributed by atoms with Crippen LogP contribution in [0.4, 0.5) is 4.79 Å². The number of aromatic nitrogens is 1. The van der Waals surface area contributed by atoms with Gasteiger partial charge in [0.15, 0.2) is 0 Å². The van der Waals surface area contributed by atoms with E-state index in [0.29, 0.717) is 21.5 Å². The molecule has 29 heavy (non-hydrogen) atoms. The van der Waals surface area contributed by atoms with Crippen molar-refractivity contribution in [2.45, 2.75) is 6.54 Å². The Labute approximate surface area is 182 Å². The first kappa shape index (κ1) is 19.7. The largest absolute Gasteiger partial charge is 0.342 e. The molecule has 1 aliphatic rings. The van der Waals surface area contributed by atoms with Gasteiger partial charge in [0.05, 0.1) is 11.4 Å². The number of carbonyl (C=O) groups is 2. The lowest BCUT2D eigenvalue weighted by molar-refractivity contribution is -0.122. The van der Waals surface area contributed by atoms with E-state index in [-0.39, 0.29) is 17.7 Å². The fraction of sp³-hybridized carbons (Fsp3) is 0.0909. The van der Waals surface area contributed by atoms with E-state index in [2.05, 4.69) is 10.5 Å². The number of para-hydroxylation sites is 1. The molecule has 1 aromatic heterocycles. The third-order valence-corrected chi connectivity index (χ3v) is 6.08. The first-order chi connectivity index (χ1) is 14.0. The molecule has 0 aliphatic carbocycles. The molecule has 1 fully saturated rings. The number of imide groups is 1. The highest BCUT2D eigenvalue weighted by molar-refractivity contribution is 8.18. The number of carbonyl (C=O) groups excluding carboxylic acids is 2. The van der Waals surface area contributed by atoms with E-state index in [1.165, 1.54) is 0 Å². The van der Waals surface area contributed by atoms with Crippen LogP contribution >= 0.6 is 35.0 Å². The molecule has 0 atom stereocenters. The van der Waals surface area contributed by atoms with Gasteiger partial charge in [-0.1, -0.05) is 53.4 Å². The second-order valence-corrected chi connectivity index (χ2v) is 8.27. The van der Waals surface area contributed by atoms with Gasteiger partial charge in [-0.25, -0.2) is 0 Å². The van der Waals surface area contributed by atoms with Crippen molar-refractivity contribution in [1.29, 1.82) is 0 Å². The average Bonchev–Trinajstić information content (AvgIpc) is 3.17. The number of rotatable bonds is 4. The molecule has 1 saturated heterocycles. The molecule has 0 bridgehead atoms. The summed E-state index contributed by atoms with van der Waals surface area (Å²) in [6, 6.07) is 13.3. The molecule has 4 rings (SSSR count). The summed E-state index contributed by atoms with van der Waals surface area (Å²) in [5, 5.41) is 1.80. The van der Waals surface area contributed by atoms with Gasteiger partial charge in [0.1, 0.15) is 0 Å². The van der Waals surface area contributed by atoms with Crippen LogP contribution in [0.5, 0.6) is 0 Å². The van der Waals surface area contributed by atoms with Gasteiger partial charge < -0.3 is 4.57 Å². The lowest BCUT2D eigenvalue weighted by Gasteiger charge is -2.08. The van der Waals surface area contributed by atoms with E-state index in [4.69, 9.17) is 29.6 Å². The lowest BCUT2D eigenvalue weighted by atomic mass is 10.1. The van der Waals surface area contributed by atoms with Crippen molar-refractivity contribution < 1.29 is 9.59 Å². The molecule has 2 aromatic carbocycles. The van der Waals surface area contributed by atoms with Crippen LogP contribution in [-0.2, 0) is 11.3 Å². The molecule has 2 amide bonds. The molecule has 0 N–H and O–H groups in total. The Bertz CT molecular complexity index is 1220. The van der Waals surface area contributed by atoms with Crippen molar-refractivity contribution in [3.8, 4) is 12.3 Å². The minimum Gasteiger partial charge on any atom is -0.342 e. The van der Waals surface area contributed by atoms with Gasteiger partial charge in [0.25, 0.3) is 11.1 Å². The van der Waals surface area contributed by atoms with Crippen LogP contribution in [0.25, 0.3) is 17.0 Å². The van der Waals surface area contributed by atoms with Crippen LogP contribution in [0.2, 0.25) is 10.0 Å². The van der Waals surface area contributed by atoms with Gasteiger partial charge >= 0.3 is 0 Å². The molecule has 0 unspecified atom stereocenters. The zero-order valence-corrected chi connectivity index (χ0v) is 17.4. The summed E-state index contributed by atoms with van der Waals surface area (Å²) in [6.45, 7) is 0.516. The van der Waals surface area contributed by atoms with Crippen LogP contribution in [0.3, 0.4) is 0 Å². The first-order valence-electron chi connectivity index (χ1n) is 8.68. The maximum atomic E-state index is 12.5. The van der Waals surface area contributed by atoms with E-state index in [1.807, 2.05) is 36.5 Å². The maximum Gasteiger partial charge on any atom is 0.294 e. The SMILES string of the molecule is C#CCN1C(=O)SC(=Cc2cn(Cc3ccc(Cl)cc3Cl)c3ccccc23)C1=O. The second-order valence-electron chi connectivity index (χ2n) is 6.44. The van der Waals surface area contributed by atoms with Gasteiger partial charge in [-0.2, -0.15) is 0 Å². The number of thioether (sulfide) groups is 1. The highest BCUT2D eigenvalue weighted by atomic mass is 35.5. The quantitative estimate of drug-likeness (QED) is 0.387. The first-order valence-corrected chi connectivity index (χ1v) is 10.3. The van der Waals surface area contributed by atoms with Crippen molar-refractivity contribution in [1.82, 2.24) is 9.47 Å². The van der Waals surface area contributed by atoms with Crippen LogP contribution in [0.15, 0.2) is 53.6 Å². The van der Waals surface area contributed by atoms with Crippen LogP contribution in [0, 0.1) is 12.3 Å². The molecule has 3 aromatic rings. The van der Waals surface area contributed by atoms with Gasteiger partial charge in [-0.05, 0) is 41.6 Å². The summed E-state index contributed by atoms with van der Waals surface area (Å²) in [4.78, 5) is 26.0. The third-order valence-electron chi connectivity index (χ3n) is 4.58. The van der Waals surface area contributed by atoms with Crippen molar-refractivity contribution in [3.63, 3.8) is 0 Å². The molecular formula is C22H14Cl2N2O2S. The molecule has 0 saturated carbocycles. The minimum atomic E-state index is -0.365. The van der Waals surface area contributed by atoms with Crippen LogP contribution < -0.4 is 0 Å². The molecule has 4 nitrogen and oxygen atoms in total. The Morgan fingerprint density at radius 3 is 2.69 bits per heavy atom. The predicted octanol–water partition coefficient (Wildman–Crippen LogP) is 5.67. The smallest absolute Gasteiger partial charge is 0.294 e. The number of benzene rings is 2. The van der Waals surface area contributed by atoms with Crippen molar-refractivity contribution in [2.75, 3.05) is 6.54 Å². The summed E-state index contributed by atoms with van der Waals surface area (Å²) >= 11 is 13.2. The van der Waals surface area contributed by atoms with Gasteiger partial charge in [-0.15, -0.1) is 6.42 Å². The van der Waals surface area contributed by atoms with E-state index >= 15 is 0 Å². The molecule has 144 valence electrons. The Morgan fingerprint density at radius 1 is 1.14 bits per heavy atom. The van der Waals surface area contributed by atoms with Crippen molar-refractivity contribution in [3.05, 3.63) is 74.7 Å². The summed E-state index contributed by atoms with van der Waals surface area (Å²) < 4.78 is 2.06. The second kappa shape index (κ2) is 8.00. The van der Waals surface area contributed by atoms with Gasteiger partial charge in [0.2, 0.25) is 0 Å². The highest BCUT2D eigenvalue weighted by Gasteiger charge is 2.34. The summed E-state index contributed by atoms with van der Waals surface area (Å²) in [5.74, 6) is 1.98. The zero-order chi connectivity index (χ0) is 20.5. The highest BCUT2D eigenvalue weighted by Crippen LogP contribution is 2.34. The van der Waals surface area contributed by atoms with Gasteiger partial charge in [0, 0.05) is 39.3 Å². The van der Waals surface area contributed by atoms with Crippen LogP contribution in [-0.4, -0.2) is 27.2 Å². The molecule has 7 heteroatoms. The Kier molecular flexibility index (Phi) is 5.42. The van der Waals surface area contributed by atoms with Crippen molar-refractivity contribution >= 4 is 63.1 Å². The standard InChI is InChI=1S/C22H14Cl2N2O2S/c1-2-9-26-21(27)20(29-22(26)28)10-15-13-25(19-6-4-3-5-17(15)19)12-14-7-8-16(23)11-18(14)24/h1,3-8,10-11,13H,9,12H2. The molecule has 1 aliphatic heterocycles. The third kappa shape index (κ3) is 3.79.